The predicted octanol–water partition coefficient (Wildman–Crippen LogP) is 4.50. The highest BCUT2D eigenvalue weighted by atomic mass is 19.4. The molecule has 8 heteroatoms. The first-order chi connectivity index (χ1) is 13.7. The van der Waals surface area contributed by atoms with Crippen LogP contribution in [-0.4, -0.2) is 22.5 Å². The van der Waals surface area contributed by atoms with Gasteiger partial charge in [-0.25, -0.2) is 0 Å². The molecule has 0 fully saturated rings. The van der Waals surface area contributed by atoms with E-state index in [2.05, 4.69) is 5.32 Å². The summed E-state index contributed by atoms with van der Waals surface area (Å²) in [6, 6.07) is 10.8. The smallest absolute Gasteiger partial charge is 0.417 e. The molecule has 0 bridgehead atoms. The Hall–Kier alpha value is -2.76. The number of phenolic OH excluding ortho intramolecular Hbond substituents is 1. The van der Waals surface area contributed by atoms with Crippen LogP contribution in [0.25, 0.3) is 0 Å². The van der Waals surface area contributed by atoms with Crippen LogP contribution in [0.5, 0.6) is 11.5 Å². The highest BCUT2D eigenvalue weighted by molar-refractivity contribution is 5.44. The van der Waals surface area contributed by atoms with Crippen molar-refractivity contribution in [1.82, 2.24) is 5.32 Å². The number of rotatable bonds is 8. The Labute approximate surface area is 167 Å². The van der Waals surface area contributed by atoms with Gasteiger partial charge < -0.3 is 14.9 Å². The van der Waals surface area contributed by atoms with E-state index < -0.39 is 29.6 Å². The van der Waals surface area contributed by atoms with Crippen LogP contribution >= 0.6 is 0 Å². The summed E-state index contributed by atoms with van der Waals surface area (Å²) < 4.78 is 45.1. The van der Waals surface area contributed by atoms with Gasteiger partial charge in [-0.3, -0.25) is 5.32 Å². The lowest BCUT2D eigenvalue weighted by Crippen LogP contribution is -2.44. The van der Waals surface area contributed by atoms with E-state index in [4.69, 9.17) is 10.00 Å². The van der Waals surface area contributed by atoms with Crippen molar-refractivity contribution in [1.29, 1.82) is 5.26 Å². The number of ether oxygens (including phenoxy) is 1. The topological polar surface area (TPSA) is 85.5 Å². The Bertz CT molecular complexity index is 848. The lowest BCUT2D eigenvalue weighted by atomic mass is 10.1. The molecule has 2 rings (SSSR count). The summed E-state index contributed by atoms with van der Waals surface area (Å²) in [4.78, 5) is 0. The second kappa shape index (κ2) is 9.63. The average Bonchev–Trinajstić information content (AvgIpc) is 2.67. The highest BCUT2D eigenvalue weighted by Crippen LogP contribution is 2.34. The molecule has 0 aliphatic heterocycles. The number of aliphatic hydroxyl groups is 1. The van der Waals surface area contributed by atoms with Gasteiger partial charge in [0.1, 0.15) is 23.8 Å². The number of halogens is 3. The Kier molecular flexibility index (Phi) is 7.48. The van der Waals surface area contributed by atoms with E-state index in [1.165, 1.54) is 24.3 Å². The van der Waals surface area contributed by atoms with Gasteiger partial charge in [0.15, 0.2) is 0 Å². The number of nitrogens with one attached hydrogen (secondary N) is 1. The summed E-state index contributed by atoms with van der Waals surface area (Å²) in [7, 11) is 0. The number of aliphatic hydroxyl groups excluding tert-OH is 1. The molecule has 5 nitrogen and oxygen atoms in total. The van der Waals surface area contributed by atoms with E-state index in [0.29, 0.717) is 12.8 Å². The molecule has 0 spiro atoms. The second-order valence-electron chi connectivity index (χ2n) is 6.69. The standard InChI is InChI=1S/C21H23F3N2O3/c1-3-4-19(20(28)26-13(2)14-5-8-16(27)9-6-14)29-17-10-7-15(12-25)18(11-17)21(22,23)24/h5-11,13,19-20,26-28H,3-4H2,1-2H3/t13-,19?,20?/m1/s1. The quantitative estimate of drug-likeness (QED) is 0.560. The van der Waals surface area contributed by atoms with Crippen LogP contribution in [0.15, 0.2) is 42.5 Å². The molecule has 2 unspecified atom stereocenters. The third-order valence-electron chi connectivity index (χ3n) is 4.44. The fourth-order valence-electron chi connectivity index (χ4n) is 2.89. The monoisotopic (exact) mass is 408 g/mol. The van der Waals surface area contributed by atoms with Crippen molar-refractivity contribution in [2.45, 2.75) is 51.2 Å². The number of aromatic hydroxyl groups is 1. The number of benzene rings is 2. The summed E-state index contributed by atoms with van der Waals surface area (Å²) in [6.45, 7) is 3.68. The van der Waals surface area contributed by atoms with Crippen LogP contribution in [0.1, 0.15) is 49.4 Å². The number of nitriles is 1. The van der Waals surface area contributed by atoms with E-state index in [-0.39, 0.29) is 17.5 Å². The SMILES string of the molecule is CCCC(Oc1ccc(C#N)c(C(F)(F)F)c1)C(O)N[C@H](C)c1ccc(O)cc1. The molecule has 0 aromatic heterocycles. The zero-order chi connectivity index (χ0) is 21.6. The molecule has 29 heavy (non-hydrogen) atoms. The highest BCUT2D eigenvalue weighted by Gasteiger charge is 2.34. The van der Waals surface area contributed by atoms with Crippen LogP contribution < -0.4 is 10.1 Å². The predicted molar refractivity (Wildman–Crippen MR) is 101 cm³/mol. The summed E-state index contributed by atoms with van der Waals surface area (Å²) in [5.74, 6) is 0.0443. The third-order valence-corrected chi connectivity index (χ3v) is 4.44. The maximum atomic E-state index is 13.2. The lowest BCUT2D eigenvalue weighted by molar-refractivity contribution is -0.138. The zero-order valence-electron chi connectivity index (χ0n) is 16.1. The van der Waals surface area contributed by atoms with E-state index in [1.54, 1.807) is 12.1 Å². The van der Waals surface area contributed by atoms with E-state index >= 15 is 0 Å². The molecule has 0 radical (unpaired) electrons. The molecular weight excluding hydrogens is 385 g/mol. The van der Waals surface area contributed by atoms with Gasteiger partial charge in [-0.05, 0) is 49.2 Å². The van der Waals surface area contributed by atoms with Crippen LogP contribution in [0.4, 0.5) is 13.2 Å². The van der Waals surface area contributed by atoms with Gasteiger partial charge in [-0.15, -0.1) is 0 Å². The van der Waals surface area contributed by atoms with Crippen LogP contribution in [0, 0.1) is 11.3 Å². The van der Waals surface area contributed by atoms with Crippen LogP contribution in [0.2, 0.25) is 0 Å². The summed E-state index contributed by atoms with van der Waals surface area (Å²) >= 11 is 0. The number of alkyl halides is 3. The van der Waals surface area contributed by atoms with Gasteiger partial charge in [0, 0.05) is 6.04 Å². The van der Waals surface area contributed by atoms with Gasteiger partial charge in [0.2, 0.25) is 0 Å². The molecule has 3 N–H and O–H groups in total. The van der Waals surface area contributed by atoms with Crippen molar-refractivity contribution in [3.63, 3.8) is 0 Å². The number of hydrogen-bond donors (Lipinski definition) is 3. The minimum Gasteiger partial charge on any atom is -0.508 e. The maximum absolute atomic E-state index is 13.2. The van der Waals surface area contributed by atoms with Gasteiger partial charge in [0.25, 0.3) is 0 Å². The fraction of sp³-hybridized carbons (Fsp3) is 0.381. The molecule has 0 aliphatic carbocycles. The Balaban J connectivity index is 2.16. The van der Waals surface area contributed by atoms with Crippen molar-refractivity contribution in [3.8, 4) is 17.6 Å². The van der Waals surface area contributed by atoms with Gasteiger partial charge in [0.05, 0.1) is 17.2 Å². The summed E-state index contributed by atoms with van der Waals surface area (Å²) in [5, 5.41) is 31.8. The lowest BCUT2D eigenvalue weighted by Gasteiger charge is -2.28. The van der Waals surface area contributed by atoms with E-state index in [1.807, 2.05) is 13.8 Å². The molecule has 2 aromatic rings. The fourth-order valence-corrected chi connectivity index (χ4v) is 2.89. The minimum absolute atomic E-state index is 0.0760. The second-order valence-corrected chi connectivity index (χ2v) is 6.69. The van der Waals surface area contributed by atoms with Crippen molar-refractivity contribution in [2.75, 3.05) is 0 Å². The first-order valence-electron chi connectivity index (χ1n) is 9.16. The Morgan fingerprint density at radius 1 is 1.17 bits per heavy atom. The Morgan fingerprint density at radius 3 is 2.38 bits per heavy atom. The van der Waals surface area contributed by atoms with Gasteiger partial charge in [-0.2, -0.15) is 18.4 Å². The number of hydrogen-bond acceptors (Lipinski definition) is 5. The largest absolute Gasteiger partial charge is 0.508 e. The zero-order valence-corrected chi connectivity index (χ0v) is 16.1. The number of nitrogens with zero attached hydrogens (tertiary/aromatic N) is 1. The molecule has 0 saturated carbocycles. The minimum atomic E-state index is -4.69. The first kappa shape index (κ1) is 22.5. The van der Waals surface area contributed by atoms with Crippen molar-refractivity contribution < 1.29 is 28.1 Å². The van der Waals surface area contributed by atoms with Gasteiger partial charge in [-0.1, -0.05) is 25.5 Å². The third kappa shape index (κ3) is 6.11. The van der Waals surface area contributed by atoms with Crippen molar-refractivity contribution >= 4 is 0 Å². The van der Waals surface area contributed by atoms with Crippen LogP contribution in [0.3, 0.4) is 0 Å². The van der Waals surface area contributed by atoms with Crippen molar-refractivity contribution in [2.24, 2.45) is 0 Å². The summed E-state index contributed by atoms with van der Waals surface area (Å²) in [5.41, 5.74) is -0.751. The summed E-state index contributed by atoms with van der Waals surface area (Å²) in [6.07, 6.45) is -5.59. The average molecular weight is 408 g/mol. The first-order valence-corrected chi connectivity index (χ1v) is 9.16. The van der Waals surface area contributed by atoms with E-state index in [9.17, 15) is 23.4 Å². The molecule has 0 amide bonds. The molecule has 0 saturated heterocycles. The maximum Gasteiger partial charge on any atom is 0.417 e. The molecule has 0 aliphatic rings. The molecular formula is C21H23F3N2O3. The molecule has 3 atom stereocenters. The van der Waals surface area contributed by atoms with Crippen molar-refractivity contribution in [3.05, 3.63) is 59.2 Å². The molecule has 156 valence electrons. The van der Waals surface area contributed by atoms with Crippen LogP contribution in [-0.2, 0) is 6.18 Å². The van der Waals surface area contributed by atoms with E-state index in [0.717, 1.165) is 17.7 Å². The molecule has 2 aromatic carbocycles. The Morgan fingerprint density at radius 2 is 1.83 bits per heavy atom. The normalized spacial score (nSPS) is 14.7. The van der Waals surface area contributed by atoms with Gasteiger partial charge >= 0.3 is 6.18 Å². The molecule has 0 heterocycles. The number of phenols is 1.